The summed E-state index contributed by atoms with van der Waals surface area (Å²) in [4.78, 5) is 4.05. The van der Waals surface area contributed by atoms with Gasteiger partial charge in [-0.05, 0) is 6.08 Å². The van der Waals surface area contributed by atoms with Crippen LogP contribution in [0.15, 0.2) is 28.1 Å². The lowest BCUT2D eigenvalue weighted by Crippen LogP contribution is -2.12. The number of nitrogens with zero attached hydrogens (tertiary/aromatic N) is 3. The summed E-state index contributed by atoms with van der Waals surface area (Å²) in [6.45, 7) is 0.784. The zero-order valence-corrected chi connectivity index (χ0v) is 4.78. The van der Waals surface area contributed by atoms with E-state index in [9.17, 15) is 0 Å². The number of hydrogen-bond donors (Lipinski definition) is 0. The summed E-state index contributed by atoms with van der Waals surface area (Å²) in [6, 6.07) is 0. The van der Waals surface area contributed by atoms with Gasteiger partial charge in [-0.1, -0.05) is 0 Å². The third-order valence-electron chi connectivity index (χ3n) is 1.23. The molecule has 0 unspecified atom stereocenters. The van der Waals surface area contributed by atoms with E-state index in [4.69, 9.17) is 0 Å². The normalized spacial score (nSPS) is 20.4. The van der Waals surface area contributed by atoms with E-state index < -0.39 is 0 Å². The minimum absolute atomic E-state index is 0.784. The number of fused-ring (bicyclic) bond motifs is 1. The molecule has 2 aliphatic heterocycles. The topological polar surface area (TPSA) is 28.0 Å². The van der Waals surface area contributed by atoms with Gasteiger partial charge in [0.1, 0.15) is 5.82 Å². The molecule has 44 valence electrons. The minimum Gasteiger partial charge on any atom is -0.240 e. The van der Waals surface area contributed by atoms with Crippen LogP contribution in [-0.4, -0.2) is 23.6 Å². The maximum Gasteiger partial charge on any atom is 0.150 e. The molecule has 3 nitrogen and oxygen atoms in total. The fourth-order valence-electron chi connectivity index (χ4n) is 0.808. The van der Waals surface area contributed by atoms with Crippen LogP contribution in [0.3, 0.4) is 0 Å². The first-order valence-corrected chi connectivity index (χ1v) is 2.76. The van der Waals surface area contributed by atoms with E-state index >= 15 is 0 Å². The van der Waals surface area contributed by atoms with Gasteiger partial charge in [-0.2, -0.15) is 0 Å². The quantitative estimate of drug-likeness (QED) is 0.452. The zero-order valence-electron chi connectivity index (χ0n) is 4.78. The molecule has 3 heteroatoms. The van der Waals surface area contributed by atoms with E-state index in [1.807, 2.05) is 12.3 Å². The molecule has 0 aromatic heterocycles. The number of hydrazone groups is 1. The van der Waals surface area contributed by atoms with Crippen molar-refractivity contribution in [1.82, 2.24) is 5.01 Å². The molecule has 0 saturated heterocycles. The molecule has 2 aliphatic rings. The van der Waals surface area contributed by atoms with Crippen LogP contribution in [0, 0.1) is 0 Å². The van der Waals surface area contributed by atoms with E-state index in [2.05, 4.69) is 16.0 Å². The number of hydrogen-bond acceptors (Lipinski definition) is 3. The third kappa shape index (κ3) is 0.590. The Morgan fingerprint density at radius 2 is 2.67 bits per heavy atom. The summed E-state index contributed by atoms with van der Waals surface area (Å²) >= 11 is 0. The van der Waals surface area contributed by atoms with Crippen LogP contribution < -0.4 is 0 Å². The van der Waals surface area contributed by atoms with Crippen LogP contribution >= 0.6 is 0 Å². The fourth-order valence-corrected chi connectivity index (χ4v) is 0.808. The van der Waals surface area contributed by atoms with Gasteiger partial charge >= 0.3 is 0 Å². The molecule has 0 bridgehead atoms. The Bertz CT molecular complexity index is 243. The van der Waals surface area contributed by atoms with Gasteiger partial charge in [0.05, 0.1) is 6.54 Å². The summed E-state index contributed by atoms with van der Waals surface area (Å²) in [5.41, 5.74) is 0. The van der Waals surface area contributed by atoms with Gasteiger partial charge in [-0.15, -0.1) is 5.10 Å². The van der Waals surface area contributed by atoms with Gasteiger partial charge in [-0.3, -0.25) is 0 Å². The highest BCUT2D eigenvalue weighted by molar-refractivity contribution is 5.67. The second-order valence-corrected chi connectivity index (χ2v) is 1.81. The van der Waals surface area contributed by atoms with Gasteiger partial charge < -0.3 is 0 Å². The van der Waals surface area contributed by atoms with E-state index in [1.165, 1.54) is 0 Å². The lowest BCUT2D eigenvalue weighted by atomic mass is 10.5. The van der Waals surface area contributed by atoms with Crippen LogP contribution in [-0.2, 0) is 0 Å². The number of rotatable bonds is 0. The standard InChI is InChI=1S/C6H5N3/c1-2-6-7-4-5-9(6)8-3-1/h1-2,4H,5H2. The van der Waals surface area contributed by atoms with E-state index in [1.54, 1.807) is 11.1 Å². The summed E-state index contributed by atoms with van der Waals surface area (Å²) in [5, 5.41) is 5.72. The van der Waals surface area contributed by atoms with Crippen molar-refractivity contribution in [2.45, 2.75) is 0 Å². The highest BCUT2D eigenvalue weighted by atomic mass is 15.5. The zero-order chi connectivity index (χ0) is 6.10. The van der Waals surface area contributed by atoms with Crippen molar-refractivity contribution in [2.75, 3.05) is 6.54 Å². The smallest absolute Gasteiger partial charge is 0.150 e. The summed E-state index contributed by atoms with van der Waals surface area (Å²) < 4.78 is 0. The van der Waals surface area contributed by atoms with Gasteiger partial charge in [-0.25, -0.2) is 10.0 Å². The molecular weight excluding hydrogens is 114 g/mol. The van der Waals surface area contributed by atoms with Crippen LogP contribution in [0.4, 0.5) is 0 Å². The molecule has 0 aromatic carbocycles. The first-order valence-electron chi connectivity index (χ1n) is 2.76. The molecule has 0 spiro atoms. The minimum atomic E-state index is 0.784. The molecule has 0 amide bonds. The van der Waals surface area contributed by atoms with Crippen molar-refractivity contribution in [3.63, 3.8) is 0 Å². The SMILES string of the molecule is C1=CC=C2N=CCN2N=1. The maximum absolute atomic E-state index is 4.05. The molecule has 0 aromatic rings. The average molecular weight is 119 g/mol. The van der Waals surface area contributed by atoms with Crippen molar-refractivity contribution in [2.24, 2.45) is 10.1 Å². The summed E-state index contributed by atoms with van der Waals surface area (Å²) in [7, 11) is 0. The molecule has 2 heterocycles. The van der Waals surface area contributed by atoms with Crippen LogP contribution in [0.2, 0.25) is 0 Å². The molecule has 0 radical (unpaired) electrons. The second kappa shape index (κ2) is 1.57. The van der Waals surface area contributed by atoms with Crippen molar-refractivity contribution in [1.29, 1.82) is 0 Å². The highest BCUT2D eigenvalue weighted by Crippen LogP contribution is 2.11. The predicted molar refractivity (Wildman–Crippen MR) is 35.3 cm³/mol. The Morgan fingerprint density at radius 1 is 1.67 bits per heavy atom. The molecule has 0 saturated carbocycles. The van der Waals surface area contributed by atoms with E-state index in [0.717, 1.165) is 12.4 Å². The summed E-state index contributed by atoms with van der Waals surface area (Å²) in [5.74, 6) is 3.64. The first kappa shape index (κ1) is 4.53. The predicted octanol–water partition coefficient (Wildman–Crippen LogP) is 0.369. The number of allylic oxidation sites excluding steroid dienone is 2. The van der Waals surface area contributed by atoms with Gasteiger partial charge in [0.25, 0.3) is 0 Å². The molecule has 9 heavy (non-hydrogen) atoms. The van der Waals surface area contributed by atoms with Crippen molar-refractivity contribution in [3.8, 4) is 0 Å². The molecule has 0 fully saturated rings. The Morgan fingerprint density at radius 3 is 3.56 bits per heavy atom. The molecule has 0 aliphatic carbocycles. The lowest BCUT2D eigenvalue weighted by molar-refractivity contribution is 0.435. The van der Waals surface area contributed by atoms with Gasteiger partial charge in [0.15, 0.2) is 0 Å². The first-order chi connectivity index (χ1) is 4.47. The largest absolute Gasteiger partial charge is 0.240 e. The van der Waals surface area contributed by atoms with Crippen LogP contribution in [0.1, 0.15) is 0 Å². The Hall–Kier alpha value is -1.34. The second-order valence-electron chi connectivity index (χ2n) is 1.81. The molecule has 0 N–H and O–H groups in total. The van der Waals surface area contributed by atoms with E-state index in [-0.39, 0.29) is 0 Å². The Labute approximate surface area is 52.7 Å². The van der Waals surface area contributed by atoms with Gasteiger partial charge in [0.2, 0.25) is 0 Å². The van der Waals surface area contributed by atoms with Crippen molar-refractivity contribution in [3.05, 3.63) is 18.0 Å². The lowest BCUT2D eigenvalue weighted by Gasteiger charge is -2.09. The third-order valence-corrected chi connectivity index (χ3v) is 1.23. The van der Waals surface area contributed by atoms with Crippen LogP contribution in [0.25, 0.3) is 0 Å². The summed E-state index contributed by atoms with van der Waals surface area (Å²) in [6.07, 6.45) is 5.47. The highest BCUT2D eigenvalue weighted by Gasteiger charge is 2.10. The van der Waals surface area contributed by atoms with E-state index in [0.29, 0.717) is 0 Å². The number of aliphatic imine (C=N–C) groups is 1. The Balaban J connectivity index is 2.43. The fraction of sp³-hybridized carbons (Fsp3) is 0.167. The van der Waals surface area contributed by atoms with Crippen LogP contribution in [0.5, 0.6) is 0 Å². The average Bonchev–Trinajstić information content (AvgIpc) is 2.33. The Kier molecular flexibility index (Phi) is 0.790. The van der Waals surface area contributed by atoms with Gasteiger partial charge in [0, 0.05) is 18.2 Å². The molecule has 0 atom stereocenters. The monoisotopic (exact) mass is 119 g/mol. The van der Waals surface area contributed by atoms with Crippen molar-refractivity contribution >= 4 is 12.1 Å². The molecular formula is C6H5N3. The van der Waals surface area contributed by atoms with Crippen molar-refractivity contribution < 1.29 is 0 Å². The maximum atomic E-state index is 4.05. The molecule has 2 rings (SSSR count).